The van der Waals surface area contributed by atoms with E-state index in [1.54, 1.807) is 0 Å². The van der Waals surface area contributed by atoms with Gasteiger partial charge in [-0.15, -0.1) is 0 Å². The number of hydrazone groups is 1. The molecule has 0 spiro atoms. The van der Waals surface area contributed by atoms with Gasteiger partial charge in [-0.2, -0.15) is 32.0 Å². The Morgan fingerprint density at radius 3 is 1.66 bits per heavy atom. The Morgan fingerprint density at radius 1 is 0.763 bits per heavy atom. The van der Waals surface area contributed by atoms with Gasteiger partial charge in [0.2, 0.25) is 0 Å². The van der Waals surface area contributed by atoms with Crippen LogP contribution in [0.15, 0.2) is 100 Å². The van der Waals surface area contributed by atoms with Gasteiger partial charge in [0.05, 0.1) is 26.7 Å². The van der Waals surface area contributed by atoms with E-state index in [4.69, 9.17) is 0 Å². The van der Waals surface area contributed by atoms with Crippen molar-refractivity contribution in [1.82, 2.24) is 9.78 Å². The zero-order valence-electron chi connectivity index (χ0n) is 32.2. The first-order chi connectivity index (χ1) is 24.8. The Balaban J connectivity index is 0. The fraction of sp³-hybridized carbons (Fsp3) is 0.107. The van der Waals surface area contributed by atoms with Crippen molar-refractivity contribution in [2.24, 2.45) is 15.1 Å². The predicted molar refractivity (Wildman–Crippen MR) is 177 cm³/mol. The predicted octanol–water partition coefficient (Wildman–Crippen LogP) is -17.3. The Kier molecular flexibility index (Phi) is 27.7. The zero-order valence-corrected chi connectivity index (χ0v) is 51.1. The molecule has 22 nitrogen and oxygen atoms in total. The summed E-state index contributed by atoms with van der Waals surface area (Å²) in [7, 11) is -18.8. The second-order valence-corrected chi connectivity index (χ2v) is 16.1. The molecule has 59 heavy (non-hydrogen) atoms. The maximum absolute atomic E-state index is 13.5. The van der Waals surface area contributed by atoms with E-state index in [-0.39, 0.29) is 272 Å². The molecule has 0 aliphatic carbocycles. The van der Waals surface area contributed by atoms with Crippen LogP contribution in [-0.4, -0.2) is 99.2 Å². The maximum atomic E-state index is 13.5. The molecular formula is C28H21K5N6O16S4. The maximum Gasteiger partial charge on any atom is 1.00 e. The van der Waals surface area contributed by atoms with Gasteiger partial charge in [0.15, 0.2) is 0 Å². The number of aromatic nitrogens is 2. The molecule has 1 aliphatic heterocycles. The fourth-order valence-electron chi connectivity index (χ4n) is 4.54. The van der Waals surface area contributed by atoms with Gasteiger partial charge < -0.3 is 34.4 Å². The number of nitrogens with zero attached hydrogens (tertiary/aromatic N) is 6. The molecule has 2 N–H and O–H groups in total. The van der Waals surface area contributed by atoms with Gasteiger partial charge in [0.1, 0.15) is 41.4 Å². The van der Waals surface area contributed by atoms with E-state index in [2.05, 4.69) is 20.2 Å². The van der Waals surface area contributed by atoms with E-state index >= 15 is 0 Å². The number of carbonyl (C=O) groups excluding carboxylic acids is 1. The summed E-state index contributed by atoms with van der Waals surface area (Å²) in [4.78, 5) is 16.1. The molecule has 0 atom stereocenters. The van der Waals surface area contributed by atoms with E-state index < -0.39 is 118 Å². The van der Waals surface area contributed by atoms with Gasteiger partial charge >= 0.3 is 257 Å². The molecule has 0 bridgehead atoms. The first kappa shape index (κ1) is 63.7. The van der Waals surface area contributed by atoms with Crippen LogP contribution in [0.5, 0.6) is 5.88 Å². The van der Waals surface area contributed by atoms with Gasteiger partial charge in [0, 0.05) is 31.5 Å². The topological polar surface area (TPSA) is 368 Å². The van der Waals surface area contributed by atoms with E-state index in [1.165, 1.54) is 6.92 Å². The number of amides is 1. The van der Waals surface area contributed by atoms with Gasteiger partial charge in [-0.25, -0.2) is 21.5 Å². The molecular weight excluding hydrogens is 1000 g/mol. The van der Waals surface area contributed by atoms with Crippen LogP contribution in [0.4, 0.5) is 5.69 Å². The number of allylic oxidation sites excluding steroid dienone is 4. The number of aliphatic imine (C=N–C) groups is 2. The molecule has 1 aromatic heterocycles. The third kappa shape index (κ3) is 15.8. The number of rotatable bonds is 11. The number of anilines is 1. The van der Waals surface area contributed by atoms with Gasteiger partial charge in [-0.1, -0.05) is 23.8 Å². The average Bonchev–Trinajstić information content (AvgIpc) is 3.58. The Morgan fingerprint density at radius 2 is 1.22 bits per heavy atom. The van der Waals surface area contributed by atoms with Crippen molar-refractivity contribution in [2.75, 3.05) is 19.1 Å². The molecule has 0 radical (unpaired) electrons. The summed E-state index contributed by atoms with van der Waals surface area (Å²) in [5, 5.41) is 46.4. The summed E-state index contributed by atoms with van der Waals surface area (Å²) in [5.41, 5.74) is -4.27. The average molecular weight is 1020 g/mol. The molecule has 1 aliphatic rings. The minimum Gasteiger partial charge on any atom is -0.858 e. The first-order valence-electron chi connectivity index (χ1n) is 14.0. The minimum atomic E-state index is -5.24. The third-order valence-corrected chi connectivity index (χ3v) is 10.5. The van der Waals surface area contributed by atoms with Gasteiger partial charge in [-0.05, 0) is 55.3 Å². The molecule has 1 amide bonds. The van der Waals surface area contributed by atoms with Crippen LogP contribution in [0.25, 0.3) is 11.8 Å². The molecule has 31 heteroatoms. The molecule has 4 rings (SSSR count). The molecule has 288 valence electrons. The summed E-state index contributed by atoms with van der Waals surface area (Å²) >= 11 is 0. The van der Waals surface area contributed by atoms with Crippen LogP contribution < -0.4 is 277 Å². The van der Waals surface area contributed by atoms with Crippen LogP contribution in [0.3, 0.4) is 0 Å². The van der Waals surface area contributed by atoms with Crippen LogP contribution in [0.2, 0.25) is 0 Å². The largest absolute Gasteiger partial charge is 1.00 e. The molecule has 2 heterocycles. The Labute approximate surface area is 550 Å². The molecule has 0 saturated heterocycles. The number of carbonyl (C=O) groups is 1. The standard InChI is InChI=1S/C28H26N6O16S4.5K/c1-14(4-8-17-23(25(35)29-2)31-33(27(17)37)19-12-15(51(39,40)41)6-10-21(19)53(45,46)47)5-9-18-24(26(36)30-3)32-34(28(18)38)20-13-16(52(42,43)44)7-11-22(20)54(48,49)50;;;;;/h4-13,37H,1-3H3,(H,29,35)(H,30,36)(H,39,40,41)(H,42,43,44)(H,45,46,47)(H,48,49,50);;;;;/q;5*+1/p-5. The van der Waals surface area contributed by atoms with Crippen molar-refractivity contribution in [3.63, 3.8) is 0 Å². The Bertz CT molecular complexity index is 2770. The minimum absolute atomic E-state index is 0. The van der Waals surface area contributed by atoms with Crippen molar-refractivity contribution in [1.29, 1.82) is 0 Å². The normalized spacial score (nSPS) is 14.8. The van der Waals surface area contributed by atoms with E-state index in [0.29, 0.717) is 36.4 Å². The van der Waals surface area contributed by atoms with Gasteiger partial charge in [0.25, 0.3) is 26.1 Å². The summed E-state index contributed by atoms with van der Waals surface area (Å²) in [6.07, 6.45) is 4.20. The SMILES string of the molecule is CN=C([O-])C1=NN(c2cc(S(=O)(=O)[O-])ccc2S(=O)(=O)O)C(=O)C1=CC=C(C)C=Cc1c(C([O-])=NC)nn(-c2cc(S(=O)(=O)[O-])ccc2S(=O)(=O)O)c1[O-].[K+].[K+].[K+].[K+].[K+]. The van der Waals surface area contributed by atoms with Crippen molar-refractivity contribution in [3.8, 4) is 11.6 Å². The number of hydrogen-bond acceptors (Lipinski definition) is 18. The monoisotopic (exact) mass is 1020 g/mol. The first-order valence-corrected chi connectivity index (χ1v) is 19.7. The Hall–Kier alpha value is 2.57. The molecule has 2 aromatic carbocycles. The summed E-state index contributed by atoms with van der Waals surface area (Å²) in [5.74, 6) is -4.80. The molecule has 0 unspecified atom stereocenters. The fourth-order valence-corrected chi connectivity index (χ4v) is 6.82. The van der Waals surface area contributed by atoms with E-state index in [1.807, 2.05) is 0 Å². The third-order valence-electron chi connectivity index (χ3n) is 7.04. The van der Waals surface area contributed by atoms with E-state index in [0.717, 1.165) is 38.4 Å². The second kappa shape index (κ2) is 25.6. The second-order valence-electron chi connectivity index (χ2n) is 10.5. The smallest absolute Gasteiger partial charge is 0.858 e. The van der Waals surface area contributed by atoms with Crippen molar-refractivity contribution in [3.05, 3.63) is 77.0 Å². The van der Waals surface area contributed by atoms with Crippen LogP contribution in [-0.2, 0) is 45.3 Å². The van der Waals surface area contributed by atoms with Crippen LogP contribution >= 0.6 is 0 Å². The zero-order chi connectivity index (χ0) is 40.7. The van der Waals surface area contributed by atoms with Crippen molar-refractivity contribution in [2.45, 2.75) is 26.5 Å². The van der Waals surface area contributed by atoms with Crippen LogP contribution in [0, 0.1) is 0 Å². The summed E-state index contributed by atoms with van der Waals surface area (Å²) < 4.78 is 137. The molecule has 0 fully saturated rings. The number of benzene rings is 2. The van der Waals surface area contributed by atoms with E-state index in [9.17, 15) is 72.0 Å². The number of hydrogen-bond donors (Lipinski definition) is 2. The summed E-state index contributed by atoms with van der Waals surface area (Å²) in [6, 6.07) is 3.00. The quantitative estimate of drug-likeness (QED) is 0.0450. The molecule has 3 aromatic rings. The van der Waals surface area contributed by atoms with Crippen molar-refractivity contribution >= 4 is 75.7 Å². The van der Waals surface area contributed by atoms with Gasteiger partial charge in [-0.3, -0.25) is 13.9 Å². The van der Waals surface area contributed by atoms with Crippen molar-refractivity contribution < 1.29 is 329 Å². The van der Waals surface area contributed by atoms with Crippen LogP contribution in [0.1, 0.15) is 18.2 Å². The summed E-state index contributed by atoms with van der Waals surface area (Å²) in [6.45, 7) is 1.35. The molecule has 0 saturated carbocycles.